The molecule has 0 amide bonds. The Morgan fingerprint density at radius 1 is 1.35 bits per heavy atom. The van der Waals surface area contributed by atoms with Crippen LogP contribution in [0.3, 0.4) is 0 Å². The van der Waals surface area contributed by atoms with Gasteiger partial charge in [0.25, 0.3) is 0 Å². The lowest BCUT2D eigenvalue weighted by atomic mass is 10.1. The van der Waals surface area contributed by atoms with Crippen molar-refractivity contribution in [3.8, 4) is 0 Å². The average molecular weight is 304 g/mol. The SMILES string of the molecule is CN=C1NN(c2cccc(C(F)(F)F)c2)C(C)=CC1Cl. The third kappa shape index (κ3) is 2.90. The summed E-state index contributed by atoms with van der Waals surface area (Å²) >= 11 is 6.06. The maximum atomic E-state index is 12.7. The number of benzene rings is 1. The molecule has 1 unspecified atom stereocenters. The van der Waals surface area contributed by atoms with Gasteiger partial charge in [0, 0.05) is 12.7 Å². The van der Waals surface area contributed by atoms with Crippen molar-refractivity contribution in [1.82, 2.24) is 5.43 Å². The third-order valence-electron chi connectivity index (χ3n) is 2.90. The molecule has 1 aromatic rings. The number of nitrogens with one attached hydrogen (secondary N) is 1. The van der Waals surface area contributed by atoms with E-state index in [0.717, 1.165) is 12.1 Å². The molecule has 0 bridgehead atoms. The summed E-state index contributed by atoms with van der Waals surface area (Å²) in [7, 11) is 1.57. The number of hydrogen-bond donors (Lipinski definition) is 1. The van der Waals surface area contributed by atoms with Crippen molar-refractivity contribution in [2.24, 2.45) is 4.99 Å². The number of rotatable bonds is 1. The van der Waals surface area contributed by atoms with Gasteiger partial charge in [-0.2, -0.15) is 13.2 Å². The summed E-state index contributed by atoms with van der Waals surface area (Å²) in [6, 6.07) is 5.06. The van der Waals surface area contributed by atoms with Crippen LogP contribution in [0.25, 0.3) is 0 Å². The van der Waals surface area contributed by atoms with Gasteiger partial charge in [0.2, 0.25) is 0 Å². The van der Waals surface area contributed by atoms with Gasteiger partial charge in [-0.15, -0.1) is 11.6 Å². The maximum Gasteiger partial charge on any atom is 0.416 e. The highest BCUT2D eigenvalue weighted by Gasteiger charge is 2.31. The molecule has 0 fully saturated rings. The van der Waals surface area contributed by atoms with Crippen LogP contribution in [0, 0.1) is 0 Å². The molecule has 2 rings (SSSR count). The Morgan fingerprint density at radius 2 is 2.05 bits per heavy atom. The summed E-state index contributed by atoms with van der Waals surface area (Å²) in [6.45, 7) is 1.76. The first-order valence-corrected chi connectivity index (χ1v) is 6.30. The second kappa shape index (κ2) is 5.36. The van der Waals surface area contributed by atoms with Crippen LogP contribution >= 0.6 is 11.6 Å². The van der Waals surface area contributed by atoms with Crippen LogP contribution in [0.4, 0.5) is 18.9 Å². The molecule has 1 heterocycles. The van der Waals surface area contributed by atoms with Gasteiger partial charge in [0.15, 0.2) is 0 Å². The van der Waals surface area contributed by atoms with Gasteiger partial charge in [-0.25, -0.2) is 0 Å². The Kier molecular flexibility index (Phi) is 3.94. The molecule has 1 N–H and O–H groups in total. The topological polar surface area (TPSA) is 27.6 Å². The first kappa shape index (κ1) is 14.7. The van der Waals surface area contributed by atoms with Gasteiger partial charge in [-0.1, -0.05) is 6.07 Å². The number of allylic oxidation sites excluding steroid dienone is 1. The smallest absolute Gasteiger partial charge is 0.280 e. The van der Waals surface area contributed by atoms with Crippen molar-refractivity contribution in [2.45, 2.75) is 18.5 Å². The Balaban J connectivity index is 2.39. The highest BCUT2D eigenvalue weighted by molar-refractivity contribution is 6.33. The fourth-order valence-electron chi connectivity index (χ4n) is 1.89. The summed E-state index contributed by atoms with van der Waals surface area (Å²) in [5.74, 6) is 0.481. The van der Waals surface area contributed by atoms with Crippen LogP contribution in [0.2, 0.25) is 0 Å². The fraction of sp³-hybridized carbons (Fsp3) is 0.308. The van der Waals surface area contributed by atoms with Crippen LogP contribution < -0.4 is 10.4 Å². The summed E-state index contributed by atoms with van der Waals surface area (Å²) in [5.41, 5.74) is 3.29. The number of hydrogen-bond acceptors (Lipinski definition) is 2. The second-order valence-electron chi connectivity index (χ2n) is 4.31. The Labute approximate surface area is 119 Å². The normalized spacial score (nSPS) is 21.7. The van der Waals surface area contributed by atoms with Crippen molar-refractivity contribution in [1.29, 1.82) is 0 Å². The Hall–Kier alpha value is -1.69. The number of aliphatic imine (C=N–C) groups is 1. The summed E-state index contributed by atoms with van der Waals surface area (Å²) in [4.78, 5) is 3.98. The number of halogens is 4. The molecule has 1 aromatic carbocycles. The van der Waals surface area contributed by atoms with Gasteiger partial charge in [0.05, 0.1) is 11.3 Å². The van der Waals surface area contributed by atoms with E-state index in [1.54, 1.807) is 26.1 Å². The molecule has 1 atom stereocenters. The van der Waals surface area contributed by atoms with E-state index in [1.165, 1.54) is 11.1 Å². The van der Waals surface area contributed by atoms with Crippen LogP contribution in [-0.2, 0) is 6.18 Å². The first-order valence-electron chi connectivity index (χ1n) is 5.86. The minimum atomic E-state index is -4.37. The number of amidine groups is 1. The van der Waals surface area contributed by atoms with E-state index in [2.05, 4.69) is 10.4 Å². The number of alkyl halides is 4. The molecule has 1 aliphatic heterocycles. The predicted octanol–water partition coefficient (Wildman–Crippen LogP) is 3.57. The molecule has 108 valence electrons. The summed E-state index contributed by atoms with van der Waals surface area (Å²) in [6.07, 6.45) is -2.65. The minimum Gasteiger partial charge on any atom is -0.280 e. The predicted molar refractivity (Wildman–Crippen MR) is 73.8 cm³/mol. The largest absolute Gasteiger partial charge is 0.416 e. The van der Waals surface area contributed by atoms with Gasteiger partial charge < -0.3 is 0 Å². The van der Waals surface area contributed by atoms with Crippen LogP contribution in [0.15, 0.2) is 41.0 Å². The monoisotopic (exact) mass is 303 g/mol. The molecule has 0 aliphatic carbocycles. The molecule has 0 spiro atoms. The van der Waals surface area contributed by atoms with Crippen molar-refractivity contribution >= 4 is 23.1 Å². The lowest BCUT2D eigenvalue weighted by molar-refractivity contribution is -0.137. The van der Waals surface area contributed by atoms with Crippen molar-refractivity contribution in [2.75, 3.05) is 12.1 Å². The fourth-order valence-corrected chi connectivity index (χ4v) is 2.22. The minimum absolute atomic E-state index is 0.373. The molecule has 20 heavy (non-hydrogen) atoms. The zero-order valence-electron chi connectivity index (χ0n) is 10.9. The van der Waals surface area contributed by atoms with Gasteiger partial charge in [0.1, 0.15) is 11.2 Å². The summed E-state index contributed by atoms with van der Waals surface area (Å²) in [5, 5.41) is 1.11. The molecule has 0 radical (unpaired) electrons. The maximum absolute atomic E-state index is 12.7. The molecule has 7 heteroatoms. The van der Waals surface area contributed by atoms with Crippen molar-refractivity contribution < 1.29 is 13.2 Å². The highest BCUT2D eigenvalue weighted by atomic mass is 35.5. The molecule has 0 saturated heterocycles. The van der Waals surface area contributed by atoms with Crippen molar-refractivity contribution in [3.63, 3.8) is 0 Å². The van der Waals surface area contributed by atoms with Crippen LogP contribution in [0.5, 0.6) is 0 Å². The summed E-state index contributed by atoms with van der Waals surface area (Å²) < 4.78 is 38.2. The molecule has 0 aromatic heterocycles. The van der Waals surface area contributed by atoms with E-state index in [-0.39, 0.29) is 0 Å². The first-order chi connectivity index (χ1) is 9.32. The highest BCUT2D eigenvalue weighted by Crippen LogP contribution is 2.32. The zero-order chi connectivity index (χ0) is 14.9. The Bertz CT molecular complexity index is 566. The lowest BCUT2D eigenvalue weighted by Crippen LogP contribution is -2.48. The molecule has 3 nitrogen and oxygen atoms in total. The van der Waals surface area contributed by atoms with Gasteiger partial charge in [-0.3, -0.25) is 15.4 Å². The number of hydrazine groups is 1. The Morgan fingerprint density at radius 3 is 2.65 bits per heavy atom. The average Bonchev–Trinajstić information content (AvgIpc) is 2.38. The third-order valence-corrected chi connectivity index (χ3v) is 3.23. The van der Waals surface area contributed by atoms with E-state index >= 15 is 0 Å². The van der Waals surface area contributed by atoms with E-state index in [9.17, 15) is 13.2 Å². The quantitative estimate of drug-likeness (QED) is 0.803. The van der Waals surface area contributed by atoms with E-state index in [1.807, 2.05) is 0 Å². The zero-order valence-corrected chi connectivity index (χ0v) is 11.6. The number of nitrogens with zero attached hydrogens (tertiary/aromatic N) is 2. The second-order valence-corrected chi connectivity index (χ2v) is 4.78. The van der Waals surface area contributed by atoms with Crippen LogP contribution in [-0.4, -0.2) is 18.3 Å². The molecule has 0 saturated carbocycles. The molecular weight excluding hydrogens is 291 g/mol. The molecule has 1 aliphatic rings. The van der Waals surface area contributed by atoms with Crippen molar-refractivity contribution in [3.05, 3.63) is 41.6 Å². The molecular formula is C13H13ClF3N3. The standard InChI is InChI=1S/C13H13ClF3N3/c1-8-6-11(14)12(18-2)19-20(8)10-5-3-4-9(7-10)13(15,16)17/h3-7,11H,1-2H3,(H,18,19). The van der Waals surface area contributed by atoms with E-state index in [4.69, 9.17) is 11.6 Å². The van der Waals surface area contributed by atoms with Crippen LogP contribution in [0.1, 0.15) is 12.5 Å². The van der Waals surface area contributed by atoms with Gasteiger partial charge in [-0.05, 0) is 31.2 Å². The number of anilines is 1. The lowest BCUT2D eigenvalue weighted by Gasteiger charge is -2.33. The van der Waals surface area contributed by atoms with E-state index in [0.29, 0.717) is 17.2 Å². The van der Waals surface area contributed by atoms with E-state index < -0.39 is 17.1 Å². The van der Waals surface area contributed by atoms with Gasteiger partial charge >= 0.3 is 6.18 Å².